The second-order valence-corrected chi connectivity index (χ2v) is 7.69. The maximum atomic E-state index is 10.9. The number of ether oxygens (including phenoxy) is 1. The summed E-state index contributed by atoms with van der Waals surface area (Å²) in [5, 5.41) is 11.7. The highest BCUT2D eigenvalue weighted by atomic mass is 16.6. The van der Waals surface area contributed by atoms with Crippen molar-refractivity contribution in [1.29, 1.82) is 0 Å². The van der Waals surface area contributed by atoms with E-state index in [4.69, 9.17) is 15.5 Å². The largest absolute Gasteiger partial charge is 0.438 e. The molecular formula is C27H20N4O3. The van der Waals surface area contributed by atoms with Crippen LogP contribution in [0.1, 0.15) is 5.56 Å². The van der Waals surface area contributed by atoms with E-state index in [1.165, 1.54) is 12.1 Å². The van der Waals surface area contributed by atoms with Crippen LogP contribution in [0.2, 0.25) is 0 Å². The van der Waals surface area contributed by atoms with Crippen LogP contribution in [0.5, 0.6) is 11.6 Å². The minimum Gasteiger partial charge on any atom is -0.438 e. The zero-order valence-electron chi connectivity index (χ0n) is 18.1. The summed E-state index contributed by atoms with van der Waals surface area (Å²) in [6, 6.07) is 27.8. The minimum atomic E-state index is -0.447. The molecule has 7 nitrogen and oxygen atoms in total. The second kappa shape index (κ2) is 9.09. The predicted molar refractivity (Wildman–Crippen MR) is 131 cm³/mol. The number of rotatable bonds is 6. The van der Waals surface area contributed by atoms with Crippen molar-refractivity contribution < 1.29 is 9.66 Å². The lowest BCUT2D eigenvalue weighted by Crippen LogP contribution is -1.97. The Morgan fingerprint density at radius 3 is 2.29 bits per heavy atom. The van der Waals surface area contributed by atoms with Crippen LogP contribution in [-0.4, -0.2) is 14.9 Å². The number of pyridine rings is 2. The van der Waals surface area contributed by atoms with Gasteiger partial charge in [-0.1, -0.05) is 54.6 Å². The number of hydrogen-bond acceptors (Lipinski definition) is 6. The molecule has 0 fully saturated rings. The summed E-state index contributed by atoms with van der Waals surface area (Å²) in [5.74, 6) is 0.828. The summed E-state index contributed by atoms with van der Waals surface area (Å²) in [6.07, 6.45) is 1.64. The quantitative estimate of drug-likeness (QED) is 0.248. The molecule has 2 N–H and O–H groups in total. The highest BCUT2D eigenvalue weighted by Crippen LogP contribution is 2.37. The molecule has 5 aromatic rings. The topological polar surface area (TPSA) is 104 Å². The van der Waals surface area contributed by atoms with Crippen LogP contribution in [0.4, 0.5) is 5.69 Å². The van der Waals surface area contributed by atoms with Crippen molar-refractivity contribution in [2.45, 2.75) is 6.54 Å². The molecule has 0 saturated carbocycles. The number of nitro groups is 1. The Balaban J connectivity index is 1.64. The van der Waals surface area contributed by atoms with Gasteiger partial charge in [0.1, 0.15) is 5.75 Å². The van der Waals surface area contributed by atoms with Crippen molar-refractivity contribution in [3.63, 3.8) is 0 Å². The van der Waals surface area contributed by atoms with Gasteiger partial charge < -0.3 is 10.5 Å². The summed E-state index contributed by atoms with van der Waals surface area (Å²) < 4.78 is 6.01. The summed E-state index contributed by atoms with van der Waals surface area (Å²) >= 11 is 0. The first-order valence-corrected chi connectivity index (χ1v) is 10.7. The van der Waals surface area contributed by atoms with Gasteiger partial charge >= 0.3 is 0 Å². The molecule has 0 aliphatic carbocycles. The number of nitrogens with two attached hydrogens (primary N) is 1. The number of aromatic nitrogens is 2. The van der Waals surface area contributed by atoms with Gasteiger partial charge in [-0.25, -0.2) is 9.97 Å². The summed E-state index contributed by atoms with van der Waals surface area (Å²) in [6.45, 7) is 0.478. The Labute approximate surface area is 195 Å². The van der Waals surface area contributed by atoms with Crippen LogP contribution in [-0.2, 0) is 6.54 Å². The number of fused-ring (bicyclic) bond motifs is 1. The van der Waals surface area contributed by atoms with Crippen LogP contribution in [0, 0.1) is 10.1 Å². The van der Waals surface area contributed by atoms with Gasteiger partial charge in [0, 0.05) is 36.0 Å². The van der Waals surface area contributed by atoms with Gasteiger partial charge in [-0.2, -0.15) is 0 Å². The second-order valence-electron chi connectivity index (χ2n) is 7.69. The van der Waals surface area contributed by atoms with Gasteiger partial charge in [0.25, 0.3) is 5.69 Å². The molecule has 0 aliphatic heterocycles. The van der Waals surface area contributed by atoms with E-state index in [0.29, 0.717) is 18.2 Å². The van der Waals surface area contributed by atoms with E-state index in [1.54, 1.807) is 18.3 Å². The van der Waals surface area contributed by atoms with Crippen molar-refractivity contribution >= 4 is 16.6 Å². The van der Waals surface area contributed by atoms with Crippen molar-refractivity contribution in [1.82, 2.24) is 9.97 Å². The molecule has 0 spiro atoms. The van der Waals surface area contributed by atoms with Gasteiger partial charge in [-0.3, -0.25) is 10.1 Å². The monoisotopic (exact) mass is 448 g/mol. The molecule has 0 bridgehead atoms. The van der Waals surface area contributed by atoms with Gasteiger partial charge in [0.05, 0.1) is 21.5 Å². The third-order valence-electron chi connectivity index (χ3n) is 5.52. The van der Waals surface area contributed by atoms with E-state index in [2.05, 4.69) is 4.98 Å². The summed E-state index contributed by atoms with van der Waals surface area (Å²) in [5.41, 5.74) is 11.3. The van der Waals surface area contributed by atoms with E-state index in [0.717, 1.165) is 38.9 Å². The van der Waals surface area contributed by atoms with Gasteiger partial charge in [-0.15, -0.1) is 0 Å². The zero-order valence-corrected chi connectivity index (χ0v) is 18.1. The van der Waals surface area contributed by atoms with Crippen LogP contribution in [0.3, 0.4) is 0 Å². The number of non-ortho nitro benzene ring substituents is 1. The smallest absolute Gasteiger partial charge is 0.269 e. The molecule has 34 heavy (non-hydrogen) atoms. The number of nitro benzene ring substituents is 1. The Morgan fingerprint density at radius 1 is 0.882 bits per heavy atom. The van der Waals surface area contributed by atoms with Gasteiger partial charge in [0.2, 0.25) is 5.88 Å². The average Bonchev–Trinajstić information content (AvgIpc) is 2.89. The molecule has 7 heteroatoms. The Hall–Kier alpha value is -4.62. The first kappa shape index (κ1) is 21.2. The Morgan fingerprint density at radius 2 is 1.62 bits per heavy atom. The van der Waals surface area contributed by atoms with Crippen molar-refractivity contribution in [3.8, 4) is 34.0 Å². The van der Waals surface area contributed by atoms with Crippen molar-refractivity contribution in [2.75, 3.05) is 0 Å². The highest BCUT2D eigenvalue weighted by molar-refractivity contribution is 5.94. The van der Waals surface area contributed by atoms with Crippen LogP contribution < -0.4 is 10.5 Å². The molecule has 0 unspecified atom stereocenters. The summed E-state index contributed by atoms with van der Waals surface area (Å²) in [7, 11) is 0. The highest BCUT2D eigenvalue weighted by Gasteiger charge is 2.15. The molecule has 5 rings (SSSR count). The standard InChI is InChI=1S/C27H20N4O3/c28-17-18-6-8-20(9-7-18)26-23(19-4-2-1-3-5-19)16-24-25(30-26)14-15-29-27(24)34-22-12-10-21(11-13-22)31(32)33/h1-16H,17,28H2. The van der Waals surface area contributed by atoms with Crippen molar-refractivity contribution in [3.05, 3.63) is 113 Å². The van der Waals surface area contributed by atoms with E-state index in [-0.39, 0.29) is 5.69 Å². The molecule has 0 radical (unpaired) electrons. The normalized spacial score (nSPS) is 10.9. The molecule has 3 aromatic carbocycles. The van der Waals surface area contributed by atoms with Gasteiger partial charge in [-0.05, 0) is 35.4 Å². The number of hydrogen-bond donors (Lipinski definition) is 1. The molecule has 0 amide bonds. The fraction of sp³-hybridized carbons (Fsp3) is 0.0370. The first-order chi connectivity index (χ1) is 16.6. The molecule has 0 aliphatic rings. The van der Waals surface area contributed by atoms with E-state index < -0.39 is 4.92 Å². The molecule has 0 saturated heterocycles. The lowest BCUT2D eigenvalue weighted by molar-refractivity contribution is -0.384. The summed E-state index contributed by atoms with van der Waals surface area (Å²) in [4.78, 5) is 19.9. The van der Waals surface area contributed by atoms with Gasteiger partial charge in [0.15, 0.2) is 0 Å². The minimum absolute atomic E-state index is 0.00319. The SMILES string of the molecule is NCc1ccc(-c2nc3ccnc(Oc4ccc([N+](=O)[O-])cc4)c3cc2-c2ccccc2)cc1. The maximum absolute atomic E-state index is 10.9. The van der Waals surface area contributed by atoms with Crippen LogP contribution in [0.15, 0.2) is 97.2 Å². The van der Waals surface area contributed by atoms with E-state index in [9.17, 15) is 10.1 Å². The zero-order chi connectivity index (χ0) is 23.5. The number of nitrogens with zero attached hydrogens (tertiary/aromatic N) is 3. The number of benzene rings is 3. The predicted octanol–water partition coefficient (Wildman–Crippen LogP) is 6.12. The molecular weight excluding hydrogens is 428 g/mol. The van der Waals surface area contributed by atoms with Crippen LogP contribution in [0.25, 0.3) is 33.3 Å². The fourth-order valence-electron chi connectivity index (χ4n) is 3.76. The lowest BCUT2D eigenvalue weighted by Gasteiger charge is -2.14. The first-order valence-electron chi connectivity index (χ1n) is 10.7. The van der Waals surface area contributed by atoms with E-state index in [1.807, 2.05) is 66.7 Å². The Kier molecular flexibility index (Phi) is 5.68. The third kappa shape index (κ3) is 4.20. The molecule has 2 heterocycles. The molecule has 166 valence electrons. The van der Waals surface area contributed by atoms with E-state index >= 15 is 0 Å². The lowest BCUT2D eigenvalue weighted by atomic mass is 9.97. The maximum Gasteiger partial charge on any atom is 0.269 e. The fourth-order valence-corrected chi connectivity index (χ4v) is 3.76. The van der Waals surface area contributed by atoms with Crippen molar-refractivity contribution in [2.24, 2.45) is 5.73 Å². The Bertz CT molecular complexity index is 1470. The van der Waals surface area contributed by atoms with Crippen LogP contribution >= 0.6 is 0 Å². The molecule has 0 atom stereocenters. The third-order valence-corrected chi connectivity index (χ3v) is 5.52. The molecule has 2 aromatic heterocycles. The average molecular weight is 448 g/mol.